The summed E-state index contributed by atoms with van der Waals surface area (Å²) in [4.78, 5) is 2.45. The molecule has 0 bridgehead atoms. The number of nitrogens with one attached hydrogen (secondary N) is 1. The van der Waals surface area contributed by atoms with Gasteiger partial charge in [-0.2, -0.15) is 0 Å². The Morgan fingerprint density at radius 2 is 1.62 bits per heavy atom. The van der Waals surface area contributed by atoms with E-state index in [2.05, 4.69) is 96.9 Å². The third kappa shape index (κ3) is 4.36. The summed E-state index contributed by atoms with van der Waals surface area (Å²) in [5, 5.41) is 3.83. The fourth-order valence-electron chi connectivity index (χ4n) is 4.11. The maximum Gasteiger partial charge on any atom is 0.124 e. The van der Waals surface area contributed by atoms with Gasteiger partial charge in [-0.25, -0.2) is 0 Å². The molecule has 1 aliphatic rings. The predicted octanol–water partition coefficient (Wildman–Crippen LogP) is 5.27. The summed E-state index contributed by atoms with van der Waals surface area (Å²) in [7, 11) is 0. The molecule has 3 aromatic rings. The first-order valence-corrected chi connectivity index (χ1v) is 10.7. The fraction of sp³-hybridized carbons (Fsp3) is 0.308. The number of hydrogen-bond acceptors (Lipinski definition) is 3. The van der Waals surface area contributed by atoms with Gasteiger partial charge in [-0.05, 0) is 47.5 Å². The molecule has 1 unspecified atom stereocenters. The summed E-state index contributed by atoms with van der Waals surface area (Å²) in [6.07, 6.45) is 0. The Labute approximate surface area is 174 Å². The Kier molecular flexibility index (Phi) is 6.28. The van der Waals surface area contributed by atoms with Crippen LogP contribution in [0.5, 0.6) is 5.75 Å². The summed E-state index contributed by atoms with van der Waals surface area (Å²) >= 11 is 0. The van der Waals surface area contributed by atoms with Gasteiger partial charge >= 0.3 is 0 Å². The number of likely N-dealkylation sites (N-methyl/N-ethyl adjacent to an activating group) is 1. The first-order chi connectivity index (χ1) is 14.3. The van der Waals surface area contributed by atoms with Crippen LogP contribution in [0.2, 0.25) is 0 Å². The van der Waals surface area contributed by atoms with E-state index in [1.807, 2.05) is 0 Å². The van der Waals surface area contributed by atoms with Crippen molar-refractivity contribution in [2.45, 2.75) is 26.5 Å². The monoisotopic (exact) mass is 386 g/mol. The highest BCUT2D eigenvalue weighted by Gasteiger charge is 2.24. The lowest BCUT2D eigenvalue weighted by Gasteiger charge is -2.24. The maximum atomic E-state index is 6.22. The highest BCUT2D eigenvalue weighted by Crippen LogP contribution is 2.38. The molecule has 0 amide bonds. The van der Waals surface area contributed by atoms with Gasteiger partial charge in [-0.1, -0.05) is 74.5 Å². The topological polar surface area (TPSA) is 24.5 Å². The van der Waals surface area contributed by atoms with E-state index in [9.17, 15) is 0 Å². The number of ether oxygens (including phenoxy) is 1. The van der Waals surface area contributed by atoms with Gasteiger partial charge in [0.25, 0.3) is 0 Å². The summed E-state index contributed by atoms with van der Waals surface area (Å²) in [5.74, 6) is 0.973. The van der Waals surface area contributed by atoms with Gasteiger partial charge in [0.15, 0.2) is 0 Å². The third-order valence-electron chi connectivity index (χ3n) is 5.85. The molecule has 0 radical (unpaired) electrons. The van der Waals surface area contributed by atoms with Crippen LogP contribution in [0, 0.1) is 0 Å². The van der Waals surface area contributed by atoms with E-state index in [1.54, 1.807) is 0 Å². The van der Waals surface area contributed by atoms with Crippen LogP contribution in [0.3, 0.4) is 0 Å². The smallest absolute Gasteiger partial charge is 0.124 e. The van der Waals surface area contributed by atoms with Crippen molar-refractivity contribution in [2.24, 2.45) is 0 Å². The molecule has 0 saturated carbocycles. The van der Waals surface area contributed by atoms with Crippen molar-refractivity contribution in [3.63, 3.8) is 0 Å². The molecule has 0 fully saturated rings. The lowest BCUT2D eigenvalue weighted by Crippen LogP contribution is -2.34. The highest BCUT2D eigenvalue weighted by molar-refractivity contribution is 5.66. The molecular formula is C26H30N2O. The molecular weight excluding hydrogens is 356 g/mol. The Bertz CT molecular complexity index is 934. The quantitative estimate of drug-likeness (QED) is 0.599. The minimum atomic E-state index is 0.128. The third-order valence-corrected chi connectivity index (χ3v) is 5.85. The van der Waals surface area contributed by atoms with Gasteiger partial charge in [0.2, 0.25) is 0 Å². The first kappa shape index (κ1) is 19.7. The average Bonchev–Trinajstić information content (AvgIpc) is 2.94. The number of fused-ring (bicyclic) bond motifs is 2. The molecule has 3 heteroatoms. The molecule has 3 aromatic carbocycles. The zero-order chi connectivity index (χ0) is 20.1. The van der Waals surface area contributed by atoms with Gasteiger partial charge in [0, 0.05) is 18.7 Å². The van der Waals surface area contributed by atoms with Gasteiger partial charge < -0.3 is 15.0 Å². The number of rotatable bonds is 7. The Hall–Kier alpha value is -2.62. The standard InChI is InChI=1S/C26H30N2O/c1-3-28(4-2)17-16-27-26-23-13-9-8-12-22(23)19-29-25-15-14-21(18-24(25)26)20-10-6-5-7-11-20/h5-15,18,26-27H,3-4,16-17,19H2,1-2H3. The number of benzene rings is 3. The minimum Gasteiger partial charge on any atom is -0.489 e. The van der Waals surface area contributed by atoms with E-state index < -0.39 is 0 Å². The summed E-state index contributed by atoms with van der Waals surface area (Å²) in [6, 6.07) is 25.9. The molecule has 0 spiro atoms. The molecule has 1 heterocycles. The van der Waals surface area contributed by atoms with E-state index in [4.69, 9.17) is 4.74 Å². The van der Waals surface area contributed by atoms with Gasteiger partial charge in [-0.15, -0.1) is 0 Å². The lowest BCUT2D eigenvalue weighted by molar-refractivity contribution is 0.298. The van der Waals surface area contributed by atoms with Crippen LogP contribution in [0.25, 0.3) is 11.1 Å². The van der Waals surface area contributed by atoms with Crippen molar-refractivity contribution in [1.82, 2.24) is 10.2 Å². The molecule has 0 aliphatic carbocycles. The van der Waals surface area contributed by atoms with Crippen molar-refractivity contribution < 1.29 is 4.74 Å². The molecule has 29 heavy (non-hydrogen) atoms. The van der Waals surface area contributed by atoms with Crippen LogP contribution in [0.4, 0.5) is 0 Å². The Balaban J connectivity index is 1.70. The van der Waals surface area contributed by atoms with Crippen molar-refractivity contribution in [1.29, 1.82) is 0 Å². The second kappa shape index (κ2) is 9.25. The maximum absolute atomic E-state index is 6.22. The van der Waals surface area contributed by atoms with Crippen LogP contribution in [-0.4, -0.2) is 31.1 Å². The highest BCUT2D eigenvalue weighted by atomic mass is 16.5. The molecule has 4 rings (SSSR count). The second-order valence-corrected chi connectivity index (χ2v) is 7.52. The van der Waals surface area contributed by atoms with Crippen LogP contribution in [0.15, 0.2) is 72.8 Å². The zero-order valence-corrected chi connectivity index (χ0v) is 17.4. The molecule has 150 valence electrons. The molecule has 3 nitrogen and oxygen atoms in total. The normalized spacial score (nSPS) is 15.3. The van der Waals surface area contributed by atoms with Gasteiger partial charge in [0.1, 0.15) is 12.4 Å². The van der Waals surface area contributed by atoms with Gasteiger partial charge in [-0.3, -0.25) is 0 Å². The summed E-state index contributed by atoms with van der Waals surface area (Å²) in [5.41, 5.74) is 6.25. The van der Waals surface area contributed by atoms with Crippen molar-refractivity contribution in [2.75, 3.05) is 26.2 Å². The van der Waals surface area contributed by atoms with E-state index in [-0.39, 0.29) is 6.04 Å². The lowest BCUT2D eigenvalue weighted by atomic mass is 9.92. The van der Waals surface area contributed by atoms with Crippen LogP contribution >= 0.6 is 0 Å². The van der Waals surface area contributed by atoms with E-state index in [1.165, 1.54) is 27.8 Å². The number of hydrogen-bond donors (Lipinski definition) is 1. The SMILES string of the molecule is CCN(CC)CCNC1c2ccccc2COc2ccc(-c3ccccc3)cc21. The second-order valence-electron chi connectivity index (χ2n) is 7.52. The number of nitrogens with zero attached hydrogens (tertiary/aromatic N) is 1. The van der Waals surface area contributed by atoms with E-state index in [0.29, 0.717) is 6.61 Å². The molecule has 0 aromatic heterocycles. The average molecular weight is 387 g/mol. The van der Waals surface area contributed by atoms with Crippen LogP contribution in [0.1, 0.15) is 36.6 Å². The van der Waals surface area contributed by atoms with Crippen molar-refractivity contribution in [3.05, 3.63) is 89.5 Å². The molecule has 1 atom stereocenters. The fourth-order valence-corrected chi connectivity index (χ4v) is 4.11. The minimum absolute atomic E-state index is 0.128. The summed E-state index contributed by atoms with van der Waals surface area (Å²) < 4.78 is 6.22. The zero-order valence-electron chi connectivity index (χ0n) is 17.4. The largest absolute Gasteiger partial charge is 0.489 e. The first-order valence-electron chi connectivity index (χ1n) is 10.7. The molecule has 0 saturated heterocycles. The van der Waals surface area contributed by atoms with Gasteiger partial charge in [0.05, 0.1) is 6.04 Å². The Morgan fingerprint density at radius 3 is 2.41 bits per heavy atom. The molecule has 1 N–H and O–H groups in total. The summed E-state index contributed by atoms with van der Waals surface area (Å²) in [6.45, 7) is 9.20. The van der Waals surface area contributed by atoms with Crippen LogP contribution < -0.4 is 10.1 Å². The molecule has 1 aliphatic heterocycles. The van der Waals surface area contributed by atoms with E-state index >= 15 is 0 Å². The van der Waals surface area contributed by atoms with Crippen LogP contribution in [-0.2, 0) is 6.61 Å². The van der Waals surface area contributed by atoms with Crippen molar-refractivity contribution in [3.8, 4) is 16.9 Å². The predicted molar refractivity (Wildman–Crippen MR) is 120 cm³/mol. The van der Waals surface area contributed by atoms with Crippen molar-refractivity contribution >= 4 is 0 Å². The Morgan fingerprint density at radius 1 is 0.862 bits per heavy atom. The van der Waals surface area contributed by atoms with E-state index in [0.717, 1.165) is 31.9 Å².